The molecule has 0 aliphatic carbocycles. The summed E-state index contributed by atoms with van der Waals surface area (Å²) in [5.74, 6) is 0.661. The van der Waals surface area contributed by atoms with Crippen molar-refractivity contribution in [2.24, 2.45) is 0 Å². The smallest absolute Gasteiger partial charge is 0.224 e. The average molecular weight is 361 g/mol. The van der Waals surface area contributed by atoms with Gasteiger partial charge in [-0.05, 0) is 29.3 Å². The largest absolute Gasteiger partial charge is 0.352 e. The molecule has 0 fully saturated rings. The molecule has 2 aromatic heterocycles. The van der Waals surface area contributed by atoms with Gasteiger partial charge in [-0.1, -0.05) is 35.3 Å². The van der Waals surface area contributed by atoms with Crippen LogP contribution < -0.4 is 5.32 Å². The van der Waals surface area contributed by atoms with E-state index in [1.165, 1.54) is 0 Å². The third-order valence-corrected chi connectivity index (χ3v) is 4.02. The summed E-state index contributed by atoms with van der Waals surface area (Å²) >= 11 is 11.9. The van der Waals surface area contributed by atoms with Crippen LogP contribution in [-0.2, 0) is 17.8 Å². The molecule has 0 spiro atoms. The lowest BCUT2D eigenvalue weighted by atomic mass is 10.1. The first kappa shape index (κ1) is 16.5. The molecule has 122 valence electrons. The fourth-order valence-electron chi connectivity index (χ4n) is 2.17. The number of carbonyl (C=O) groups is 1. The standard InChI is InChI=1S/C17H14Cl2N4O/c18-14-3-2-13(15(19)8-14)7-17(24)22-10-12-1-4-16(21-9-12)23-6-5-20-11-23/h1-6,8-9,11H,7,10H2,(H,22,24). The van der Waals surface area contributed by atoms with Crippen molar-refractivity contribution in [2.45, 2.75) is 13.0 Å². The van der Waals surface area contributed by atoms with Crippen molar-refractivity contribution in [1.82, 2.24) is 19.9 Å². The van der Waals surface area contributed by atoms with Crippen molar-refractivity contribution >= 4 is 29.1 Å². The fourth-order valence-corrected chi connectivity index (χ4v) is 2.65. The minimum Gasteiger partial charge on any atom is -0.352 e. The van der Waals surface area contributed by atoms with Gasteiger partial charge in [0.25, 0.3) is 0 Å². The summed E-state index contributed by atoms with van der Waals surface area (Å²) in [4.78, 5) is 20.4. The second-order valence-corrected chi connectivity index (χ2v) is 6.03. The minimum absolute atomic E-state index is 0.113. The summed E-state index contributed by atoms with van der Waals surface area (Å²) in [6.45, 7) is 0.404. The van der Waals surface area contributed by atoms with Crippen molar-refractivity contribution in [2.75, 3.05) is 0 Å². The van der Waals surface area contributed by atoms with Gasteiger partial charge in [0.15, 0.2) is 0 Å². The maximum atomic E-state index is 12.0. The number of nitrogens with one attached hydrogen (secondary N) is 1. The van der Waals surface area contributed by atoms with Crippen LogP contribution in [0, 0.1) is 0 Å². The van der Waals surface area contributed by atoms with Gasteiger partial charge in [0.05, 0.1) is 6.42 Å². The first-order valence-electron chi connectivity index (χ1n) is 7.26. The van der Waals surface area contributed by atoms with Crippen LogP contribution >= 0.6 is 23.2 Å². The summed E-state index contributed by atoms with van der Waals surface area (Å²) in [6.07, 6.45) is 7.12. The van der Waals surface area contributed by atoms with Crippen molar-refractivity contribution in [3.8, 4) is 5.82 Å². The van der Waals surface area contributed by atoms with E-state index in [1.807, 2.05) is 22.9 Å². The zero-order valence-corrected chi connectivity index (χ0v) is 14.1. The van der Waals surface area contributed by atoms with Crippen LogP contribution in [0.4, 0.5) is 0 Å². The lowest BCUT2D eigenvalue weighted by molar-refractivity contribution is -0.120. The third-order valence-electron chi connectivity index (χ3n) is 3.43. The van der Waals surface area contributed by atoms with E-state index in [1.54, 1.807) is 36.9 Å². The molecule has 0 atom stereocenters. The maximum Gasteiger partial charge on any atom is 0.224 e. The number of rotatable bonds is 5. The highest BCUT2D eigenvalue weighted by Gasteiger charge is 2.08. The normalized spacial score (nSPS) is 10.6. The van der Waals surface area contributed by atoms with Gasteiger partial charge in [-0.2, -0.15) is 0 Å². The molecular weight excluding hydrogens is 347 g/mol. The van der Waals surface area contributed by atoms with Crippen LogP contribution in [0.25, 0.3) is 5.82 Å². The first-order valence-corrected chi connectivity index (χ1v) is 8.01. The Labute approximate surface area is 149 Å². The van der Waals surface area contributed by atoms with Gasteiger partial charge in [-0.3, -0.25) is 9.36 Å². The van der Waals surface area contributed by atoms with E-state index in [0.717, 1.165) is 16.9 Å². The van der Waals surface area contributed by atoms with Gasteiger partial charge in [-0.25, -0.2) is 9.97 Å². The fraction of sp³-hybridized carbons (Fsp3) is 0.118. The number of amides is 1. The number of imidazole rings is 1. The van der Waals surface area contributed by atoms with E-state index in [4.69, 9.17) is 23.2 Å². The Morgan fingerprint density at radius 1 is 1.21 bits per heavy atom. The molecule has 0 aliphatic heterocycles. The molecular formula is C17H14Cl2N4O. The zero-order chi connectivity index (χ0) is 16.9. The van der Waals surface area contributed by atoms with E-state index in [9.17, 15) is 4.79 Å². The summed E-state index contributed by atoms with van der Waals surface area (Å²) in [7, 11) is 0. The molecule has 3 rings (SSSR count). The molecule has 0 radical (unpaired) electrons. The SMILES string of the molecule is O=C(Cc1ccc(Cl)cc1Cl)NCc1ccc(-n2ccnc2)nc1. The van der Waals surface area contributed by atoms with E-state index in [2.05, 4.69) is 15.3 Å². The van der Waals surface area contributed by atoms with E-state index in [-0.39, 0.29) is 12.3 Å². The lowest BCUT2D eigenvalue weighted by Crippen LogP contribution is -2.24. The number of nitrogens with zero attached hydrogens (tertiary/aromatic N) is 3. The molecule has 1 amide bonds. The van der Waals surface area contributed by atoms with E-state index >= 15 is 0 Å². The Bertz CT molecular complexity index is 832. The third kappa shape index (κ3) is 4.13. The number of carbonyl (C=O) groups excluding carboxylic acids is 1. The highest BCUT2D eigenvalue weighted by Crippen LogP contribution is 2.21. The molecule has 5 nitrogen and oxygen atoms in total. The quantitative estimate of drug-likeness (QED) is 0.758. The van der Waals surface area contributed by atoms with Gasteiger partial charge in [0, 0.05) is 35.2 Å². The zero-order valence-electron chi connectivity index (χ0n) is 12.6. The maximum absolute atomic E-state index is 12.0. The van der Waals surface area contributed by atoms with Gasteiger partial charge < -0.3 is 5.32 Å². The first-order chi connectivity index (χ1) is 11.6. The van der Waals surface area contributed by atoms with Gasteiger partial charge in [0.1, 0.15) is 12.1 Å². The number of benzene rings is 1. The van der Waals surface area contributed by atoms with Crippen LogP contribution in [-0.4, -0.2) is 20.4 Å². The van der Waals surface area contributed by atoms with Gasteiger partial charge >= 0.3 is 0 Å². The molecule has 0 saturated carbocycles. The monoisotopic (exact) mass is 360 g/mol. The minimum atomic E-state index is -0.113. The van der Waals surface area contributed by atoms with Crippen molar-refractivity contribution in [3.05, 3.63) is 76.4 Å². The molecule has 1 aromatic carbocycles. The predicted molar refractivity (Wildman–Crippen MR) is 93.4 cm³/mol. The topological polar surface area (TPSA) is 59.8 Å². The Balaban J connectivity index is 1.56. The number of pyridine rings is 1. The van der Waals surface area contributed by atoms with Crippen LogP contribution in [0.15, 0.2) is 55.2 Å². The second-order valence-electron chi connectivity index (χ2n) is 5.18. The summed E-state index contributed by atoms with van der Waals surface area (Å²) < 4.78 is 1.81. The molecule has 0 saturated heterocycles. The molecule has 3 aromatic rings. The number of halogens is 2. The van der Waals surface area contributed by atoms with Crippen LogP contribution in [0.2, 0.25) is 10.0 Å². The number of aromatic nitrogens is 3. The summed E-state index contributed by atoms with van der Waals surface area (Å²) in [6, 6.07) is 8.89. The highest BCUT2D eigenvalue weighted by atomic mass is 35.5. The second kappa shape index (κ2) is 7.47. The summed E-state index contributed by atoms with van der Waals surface area (Å²) in [5, 5.41) is 3.89. The average Bonchev–Trinajstić information content (AvgIpc) is 3.11. The molecule has 0 bridgehead atoms. The van der Waals surface area contributed by atoms with Gasteiger partial charge in [0.2, 0.25) is 5.91 Å². The Kier molecular flexibility index (Phi) is 5.13. The molecule has 24 heavy (non-hydrogen) atoms. The molecule has 1 N–H and O–H groups in total. The van der Waals surface area contributed by atoms with E-state index in [0.29, 0.717) is 16.6 Å². The lowest BCUT2D eigenvalue weighted by Gasteiger charge is -2.08. The van der Waals surface area contributed by atoms with Crippen molar-refractivity contribution in [1.29, 1.82) is 0 Å². The summed E-state index contributed by atoms with van der Waals surface area (Å²) in [5.41, 5.74) is 1.65. The molecule has 7 heteroatoms. The van der Waals surface area contributed by atoms with Crippen LogP contribution in [0.1, 0.15) is 11.1 Å². The van der Waals surface area contributed by atoms with Crippen LogP contribution in [0.5, 0.6) is 0 Å². The molecule has 0 unspecified atom stereocenters. The van der Waals surface area contributed by atoms with Crippen LogP contribution in [0.3, 0.4) is 0 Å². The number of hydrogen-bond donors (Lipinski definition) is 1. The Morgan fingerprint density at radius 2 is 2.08 bits per heavy atom. The van der Waals surface area contributed by atoms with Gasteiger partial charge in [-0.15, -0.1) is 0 Å². The number of hydrogen-bond acceptors (Lipinski definition) is 3. The Morgan fingerprint density at radius 3 is 2.75 bits per heavy atom. The predicted octanol–water partition coefficient (Wildman–Crippen LogP) is 3.43. The van der Waals surface area contributed by atoms with Crippen molar-refractivity contribution < 1.29 is 4.79 Å². The molecule has 0 aliphatic rings. The Hall–Kier alpha value is -2.37. The van der Waals surface area contributed by atoms with E-state index < -0.39 is 0 Å². The molecule has 2 heterocycles. The van der Waals surface area contributed by atoms with Crippen molar-refractivity contribution in [3.63, 3.8) is 0 Å². The highest BCUT2D eigenvalue weighted by molar-refractivity contribution is 6.35.